The SMILES string of the molecule is CCC(C)CC1NC(C(=O)OC)CO1. The molecule has 1 aliphatic heterocycles. The van der Waals surface area contributed by atoms with E-state index in [0.29, 0.717) is 12.5 Å². The van der Waals surface area contributed by atoms with Crippen molar-refractivity contribution in [3.63, 3.8) is 0 Å². The third-order valence-corrected chi connectivity index (χ3v) is 2.65. The van der Waals surface area contributed by atoms with Crippen molar-refractivity contribution in [1.82, 2.24) is 5.32 Å². The first-order valence-electron chi connectivity index (χ1n) is 5.12. The van der Waals surface area contributed by atoms with Gasteiger partial charge in [0.2, 0.25) is 0 Å². The predicted molar refractivity (Wildman–Crippen MR) is 52.8 cm³/mol. The van der Waals surface area contributed by atoms with Crippen LogP contribution >= 0.6 is 0 Å². The topological polar surface area (TPSA) is 47.6 Å². The van der Waals surface area contributed by atoms with Gasteiger partial charge in [-0.15, -0.1) is 0 Å². The lowest BCUT2D eigenvalue weighted by Gasteiger charge is -2.14. The Labute approximate surface area is 85.0 Å². The second-order valence-electron chi connectivity index (χ2n) is 3.81. The van der Waals surface area contributed by atoms with E-state index in [9.17, 15) is 4.79 Å². The van der Waals surface area contributed by atoms with Crippen LogP contribution in [0.3, 0.4) is 0 Å². The van der Waals surface area contributed by atoms with E-state index in [1.165, 1.54) is 7.11 Å². The fourth-order valence-electron chi connectivity index (χ4n) is 1.48. The summed E-state index contributed by atoms with van der Waals surface area (Å²) in [7, 11) is 1.39. The third kappa shape index (κ3) is 2.96. The Balaban J connectivity index is 2.30. The van der Waals surface area contributed by atoms with Crippen LogP contribution in [0.4, 0.5) is 0 Å². The predicted octanol–water partition coefficient (Wildman–Crippen LogP) is 0.910. The molecule has 0 aromatic carbocycles. The minimum atomic E-state index is -0.283. The van der Waals surface area contributed by atoms with Crippen LogP contribution < -0.4 is 5.32 Å². The maximum absolute atomic E-state index is 11.2. The highest BCUT2D eigenvalue weighted by Crippen LogP contribution is 2.15. The summed E-state index contributed by atoms with van der Waals surface area (Å²) in [4.78, 5) is 11.2. The van der Waals surface area contributed by atoms with Crippen LogP contribution in [-0.4, -0.2) is 32.0 Å². The number of carbonyl (C=O) groups is 1. The van der Waals surface area contributed by atoms with Gasteiger partial charge in [-0.3, -0.25) is 10.1 Å². The number of carbonyl (C=O) groups excluding carboxylic acids is 1. The molecule has 4 nitrogen and oxygen atoms in total. The van der Waals surface area contributed by atoms with Crippen LogP contribution in [0.5, 0.6) is 0 Å². The summed E-state index contributed by atoms with van der Waals surface area (Å²) in [5, 5.41) is 3.11. The van der Waals surface area contributed by atoms with E-state index in [4.69, 9.17) is 4.74 Å². The summed E-state index contributed by atoms with van der Waals surface area (Å²) in [6, 6.07) is -0.283. The van der Waals surface area contributed by atoms with Crippen molar-refractivity contribution in [2.45, 2.75) is 39.0 Å². The van der Waals surface area contributed by atoms with Gasteiger partial charge in [0.1, 0.15) is 12.3 Å². The Morgan fingerprint density at radius 3 is 3.00 bits per heavy atom. The molecule has 3 atom stereocenters. The fourth-order valence-corrected chi connectivity index (χ4v) is 1.48. The number of hydrogen-bond acceptors (Lipinski definition) is 4. The molecule has 1 aliphatic rings. The smallest absolute Gasteiger partial charge is 0.325 e. The molecule has 4 heteroatoms. The third-order valence-electron chi connectivity index (χ3n) is 2.65. The molecule has 1 rings (SSSR count). The average molecular weight is 201 g/mol. The van der Waals surface area contributed by atoms with Crippen molar-refractivity contribution in [3.05, 3.63) is 0 Å². The molecule has 0 saturated carbocycles. The van der Waals surface area contributed by atoms with Crippen LogP contribution in [0.1, 0.15) is 26.7 Å². The quantitative estimate of drug-likeness (QED) is 0.687. The van der Waals surface area contributed by atoms with Gasteiger partial charge in [-0.25, -0.2) is 0 Å². The first-order chi connectivity index (χ1) is 6.67. The summed E-state index contributed by atoms with van der Waals surface area (Å²) in [5.74, 6) is 0.376. The Bertz CT molecular complexity index is 196. The van der Waals surface area contributed by atoms with Crippen LogP contribution in [-0.2, 0) is 14.3 Å². The van der Waals surface area contributed by atoms with Gasteiger partial charge in [0.15, 0.2) is 0 Å². The minimum Gasteiger partial charge on any atom is -0.468 e. The molecule has 0 aromatic rings. The monoisotopic (exact) mass is 201 g/mol. The molecular formula is C10H19NO3. The van der Waals surface area contributed by atoms with Gasteiger partial charge in [-0.2, -0.15) is 0 Å². The molecule has 82 valence electrons. The Kier molecular flexibility index (Phi) is 4.35. The van der Waals surface area contributed by atoms with E-state index in [1.807, 2.05) is 0 Å². The number of methoxy groups -OCH3 is 1. The summed E-state index contributed by atoms with van der Waals surface area (Å²) in [6.45, 7) is 4.75. The van der Waals surface area contributed by atoms with Gasteiger partial charge in [0, 0.05) is 0 Å². The van der Waals surface area contributed by atoms with E-state index in [-0.39, 0.29) is 18.2 Å². The molecule has 0 amide bonds. The number of esters is 1. The van der Waals surface area contributed by atoms with E-state index >= 15 is 0 Å². The zero-order chi connectivity index (χ0) is 10.6. The highest BCUT2D eigenvalue weighted by molar-refractivity contribution is 5.76. The van der Waals surface area contributed by atoms with Crippen LogP contribution in [0, 0.1) is 5.92 Å². The molecule has 14 heavy (non-hydrogen) atoms. The molecule has 1 fully saturated rings. The molecule has 1 heterocycles. The first kappa shape index (κ1) is 11.5. The van der Waals surface area contributed by atoms with Gasteiger partial charge in [-0.05, 0) is 12.3 Å². The number of rotatable bonds is 4. The highest BCUT2D eigenvalue weighted by atomic mass is 16.5. The van der Waals surface area contributed by atoms with Gasteiger partial charge in [0.05, 0.1) is 13.7 Å². The van der Waals surface area contributed by atoms with Crippen LogP contribution in [0.2, 0.25) is 0 Å². The highest BCUT2D eigenvalue weighted by Gasteiger charge is 2.30. The molecule has 1 N–H and O–H groups in total. The Hall–Kier alpha value is -0.610. The van der Waals surface area contributed by atoms with Crippen molar-refractivity contribution in [2.75, 3.05) is 13.7 Å². The molecule has 0 bridgehead atoms. The second kappa shape index (κ2) is 5.32. The molecular weight excluding hydrogens is 182 g/mol. The van der Waals surface area contributed by atoms with E-state index in [2.05, 4.69) is 23.9 Å². The van der Waals surface area contributed by atoms with Gasteiger partial charge in [-0.1, -0.05) is 20.3 Å². The van der Waals surface area contributed by atoms with Crippen LogP contribution in [0.15, 0.2) is 0 Å². The van der Waals surface area contributed by atoms with Crippen molar-refractivity contribution in [1.29, 1.82) is 0 Å². The fraction of sp³-hybridized carbons (Fsp3) is 0.900. The van der Waals surface area contributed by atoms with Gasteiger partial charge >= 0.3 is 5.97 Å². The number of nitrogens with one attached hydrogen (secondary N) is 1. The lowest BCUT2D eigenvalue weighted by atomic mass is 10.0. The largest absolute Gasteiger partial charge is 0.468 e. The molecule has 0 aromatic heterocycles. The number of hydrogen-bond donors (Lipinski definition) is 1. The van der Waals surface area contributed by atoms with Gasteiger partial charge < -0.3 is 9.47 Å². The van der Waals surface area contributed by atoms with Crippen molar-refractivity contribution in [3.8, 4) is 0 Å². The second-order valence-corrected chi connectivity index (χ2v) is 3.81. The molecule has 3 unspecified atom stereocenters. The number of ether oxygens (including phenoxy) is 2. The molecule has 0 radical (unpaired) electrons. The van der Waals surface area contributed by atoms with Gasteiger partial charge in [0.25, 0.3) is 0 Å². The zero-order valence-corrected chi connectivity index (χ0v) is 9.08. The van der Waals surface area contributed by atoms with E-state index < -0.39 is 0 Å². The maximum Gasteiger partial charge on any atom is 0.325 e. The Morgan fingerprint density at radius 1 is 1.71 bits per heavy atom. The Morgan fingerprint density at radius 2 is 2.43 bits per heavy atom. The zero-order valence-electron chi connectivity index (χ0n) is 9.08. The maximum atomic E-state index is 11.2. The summed E-state index contributed by atoms with van der Waals surface area (Å²) < 4.78 is 10.1. The normalized spacial score (nSPS) is 28.8. The van der Waals surface area contributed by atoms with Crippen molar-refractivity contribution < 1.29 is 14.3 Å². The van der Waals surface area contributed by atoms with E-state index in [1.54, 1.807) is 0 Å². The summed E-state index contributed by atoms with van der Waals surface area (Å²) in [5.41, 5.74) is 0. The molecule has 0 aliphatic carbocycles. The minimum absolute atomic E-state index is 0.00838. The van der Waals surface area contributed by atoms with Crippen molar-refractivity contribution >= 4 is 5.97 Å². The standard InChI is InChI=1S/C10H19NO3/c1-4-7(2)5-9-11-8(6-14-9)10(12)13-3/h7-9,11H,4-6H2,1-3H3. The summed E-state index contributed by atoms with van der Waals surface area (Å²) in [6.07, 6.45) is 2.09. The molecule has 1 saturated heterocycles. The molecule has 0 spiro atoms. The first-order valence-corrected chi connectivity index (χ1v) is 5.12. The van der Waals surface area contributed by atoms with E-state index in [0.717, 1.165) is 12.8 Å². The van der Waals surface area contributed by atoms with Crippen LogP contribution in [0.25, 0.3) is 0 Å². The lowest BCUT2D eigenvalue weighted by Crippen LogP contribution is -2.38. The van der Waals surface area contributed by atoms with Crippen molar-refractivity contribution in [2.24, 2.45) is 5.92 Å². The lowest BCUT2D eigenvalue weighted by molar-refractivity contribution is -0.142. The summed E-state index contributed by atoms with van der Waals surface area (Å²) >= 11 is 0. The average Bonchev–Trinajstić information content (AvgIpc) is 2.65.